The van der Waals surface area contributed by atoms with Crippen molar-refractivity contribution < 1.29 is 14.3 Å². The lowest BCUT2D eigenvalue weighted by atomic mass is 10.1. The Labute approximate surface area is 95.7 Å². The largest absolute Gasteiger partial charge is 0.475 e. The zero-order valence-corrected chi connectivity index (χ0v) is 9.99. The van der Waals surface area contributed by atoms with Gasteiger partial charge in [-0.3, -0.25) is 0 Å². The first kappa shape index (κ1) is 12.8. The third kappa shape index (κ3) is 4.06. The fourth-order valence-corrected chi connectivity index (χ4v) is 1.65. The Hall–Kier alpha value is -1.29. The van der Waals surface area contributed by atoms with Crippen LogP contribution in [0.5, 0.6) is 0 Å². The minimum Gasteiger partial charge on any atom is -0.475 e. The van der Waals surface area contributed by atoms with Crippen LogP contribution in [0.25, 0.3) is 0 Å². The van der Waals surface area contributed by atoms with Gasteiger partial charge < -0.3 is 14.8 Å². The predicted octanol–water partition coefficient (Wildman–Crippen LogP) is 2.50. The van der Waals surface area contributed by atoms with Crippen LogP contribution in [0.2, 0.25) is 0 Å². The second kappa shape index (κ2) is 5.70. The zero-order valence-electron chi connectivity index (χ0n) is 9.99. The Morgan fingerprint density at radius 2 is 2.12 bits per heavy atom. The first-order valence-electron chi connectivity index (χ1n) is 5.54. The molecule has 0 fully saturated rings. The van der Waals surface area contributed by atoms with Gasteiger partial charge in [-0.25, -0.2) is 4.79 Å². The summed E-state index contributed by atoms with van der Waals surface area (Å²) in [6.07, 6.45) is 1.09. The van der Waals surface area contributed by atoms with Gasteiger partial charge in [0.05, 0.1) is 6.54 Å². The van der Waals surface area contributed by atoms with E-state index in [-0.39, 0.29) is 5.76 Å². The minimum atomic E-state index is -1.03. The number of aromatic carboxylic acids is 1. The standard InChI is InChI=1S/C12H19NO3/c1-8(2)6-9(3)13-7-10-4-5-11(16-10)12(14)15/h4-5,8-9,13H,6-7H2,1-3H3,(H,14,15). The lowest BCUT2D eigenvalue weighted by Crippen LogP contribution is -2.26. The number of nitrogens with one attached hydrogen (secondary N) is 1. The summed E-state index contributed by atoms with van der Waals surface area (Å²) < 4.78 is 5.14. The van der Waals surface area contributed by atoms with E-state index in [2.05, 4.69) is 26.1 Å². The van der Waals surface area contributed by atoms with Crippen molar-refractivity contribution in [2.75, 3.05) is 0 Å². The number of carboxylic acids is 1. The van der Waals surface area contributed by atoms with Crippen LogP contribution in [-0.4, -0.2) is 17.1 Å². The molecule has 90 valence electrons. The van der Waals surface area contributed by atoms with Crippen LogP contribution in [0.4, 0.5) is 0 Å². The summed E-state index contributed by atoms with van der Waals surface area (Å²) >= 11 is 0. The summed E-state index contributed by atoms with van der Waals surface area (Å²) in [6, 6.07) is 3.57. The third-order valence-corrected chi connectivity index (χ3v) is 2.32. The van der Waals surface area contributed by atoms with Crippen molar-refractivity contribution in [1.82, 2.24) is 5.32 Å². The highest BCUT2D eigenvalue weighted by molar-refractivity contribution is 5.84. The number of rotatable bonds is 6. The Morgan fingerprint density at radius 1 is 1.44 bits per heavy atom. The lowest BCUT2D eigenvalue weighted by Gasteiger charge is -2.14. The number of furan rings is 1. The first-order valence-corrected chi connectivity index (χ1v) is 5.54. The molecule has 0 aliphatic carbocycles. The smallest absolute Gasteiger partial charge is 0.371 e. The highest BCUT2D eigenvalue weighted by Gasteiger charge is 2.10. The molecule has 1 aromatic heterocycles. The molecule has 4 heteroatoms. The van der Waals surface area contributed by atoms with Gasteiger partial charge in [0.15, 0.2) is 0 Å². The monoisotopic (exact) mass is 225 g/mol. The van der Waals surface area contributed by atoms with Gasteiger partial charge >= 0.3 is 5.97 Å². The summed E-state index contributed by atoms with van der Waals surface area (Å²) in [7, 11) is 0. The number of carbonyl (C=O) groups is 1. The van der Waals surface area contributed by atoms with E-state index in [1.54, 1.807) is 6.07 Å². The number of hydrogen-bond acceptors (Lipinski definition) is 3. The van der Waals surface area contributed by atoms with Crippen LogP contribution in [0.1, 0.15) is 43.5 Å². The third-order valence-electron chi connectivity index (χ3n) is 2.32. The maximum Gasteiger partial charge on any atom is 0.371 e. The molecule has 0 aromatic carbocycles. The highest BCUT2D eigenvalue weighted by Crippen LogP contribution is 2.09. The average Bonchev–Trinajstić information content (AvgIpc) is 2.61. The molecule has 1 heterocycles. The molecule has 1 rings (SSSR count). The molecular weight excluding hydrogens is 206 g/mol. The number of carboxylic acid groups (broad SMARTS) is 1. The summed E-state index contributed by atoms with van der Waals surface area (Å²) in [5.41, 5.74) is 0. The van der Waals surface area contributed by atoms with Gasteiger partial charge in [-0.1, -0.05) is 13.8 Å². The van der Waals surface area contributed by atoms with E-state index in [1.165, 1.54) is 6.07 Å². The normalized spacial score (nSPS) is 13.0. The Bertz CT molecular complexity index is 344. The van der Waals surface area contributed by atoms with Crippen LogP contribution >= 0.6 is 0 Å². The lowest BCUT2D eigenvalue weighted by molar-refractivity contribution is 0.0660. The number of hydrogen-bond donors (Lipinski definition) is 2. The quantitative estimate of drug-likeness (QED) is 0.780. The van der Waals surface area contributed by atoms with Gasteiger partial charge in [0.25, 0.3) is 0 Å². The van der Waals surface area contributed by atoms with Crippen LogP contribution < -0.4 is 5.32 Å². The zero-order chi connectivity index (χ0) is 12.1. The summed E-state index contributed by atoms with van der Waals surface area (Å²) in [6.45, 7) is 7.03. The molecule has 0 radical (unpaired) electrons. The first-order chi connectivity index (χ1) is 7.49. The molecule has 0 saturated carbocycles. The fraction of sp³-hybridized carbons (Fsp3) is 0.583. The van der Waals surface area contributed by atoms with Crippen LogP contribution in [-0.2, 0) is 6.54 Å². The average molecular weight is 225 g/mol. The molecule has 0 bridgehead atoms. The molecule has 1 atom stereocenters. The molecular formula is C12H19NO3. The van der Waals surface area contributed by atoms with E-state index >= 15 is 0 Å². The van der Waals surface area contributed by atoms with E-state index in [4.69, 9.17) is 9.52 Å². The van der Waals surface area contributed by atoms with Crippen molar-refractivity contribution in [3.8, 4) is 0 Å². The van der Waals surface area contributed by atoms with Crippen LogP contribution in [0, 0.1) is 5.92 Å². The maximum atomic E-state index is 10.6. The molecule has 0 aliphatic heterocycles. The summed E-state index contributed by atoms with van der Waals surface area (Å²) in [4.78, 5) is 10.6. The van der Waals surface area contributed by atoms with Gasteiger partial charge in [-0.05, 0) is 31.4 Å². The molecule has 4 nitrogen and oxygen atoms in total. The Morgan fingerprint density at radius 3 is 2.62 bits per heavy atom. The van der Waals surface area contributed by atoms with Crippen molar-refractivity contribution in [2.24, 2.45) is 5.92 Å². The molecule has 1 unspecified atom stereocenters. The Balaban J connectivity index is 2.39. The van der Waals surface area contributed by atoms with Crippen molar-refractivity contribution in [3.05, 3.63) is 23.7 Å². The van der Waals surface area contributed by atoms with Gasteiger partial charge in [-0.15, -0.1) is 0 Å². The maximum absolute atomic E-state index is 10.6. The van der Waals surface area contributed by atoms with Crippen molar-refractivity contribution in [2.45, 2.75) is 39.8 Å². The Kier molecular flexibility index (Phi) is 4.55. The van der Waals surface area contributed by atoms with Crippen LogP contribution in [0.15, 0.2) is 16.5 Å². The molecule has 2 N–H and O–H groups in total. The van der Waals surface area contributed by atoms with Crippen molar-refractivity contribution in [3.63, 3.8) is 0 Å². The second-order valence-electron chi connectivity index (χ2n) is 4.48. The molecule has 0 amide bonds. The second-order valence-corrected chi connectivity index (χ2v) is 4.48. The van der Waals surface area contributed by atoms with E-state index in [0.717, 1.165) is 6.42 Å². The van der Waals surface area contributed by atoms with E-state index in [1.807, 2.05) is 0 Å². The molecule has 16 heavy (non-hydrogen) atoms. The van der Waals surface area contributed by atoms with Crippen molar-refractivity contribution in [1.29, 1.82) is 0 Å². The highest BCUT2D eigenvalue weighted by atomic mass is 16.4. The van der Waals surface area contributed by atoms with Gasteiger partial charge in [-0.2, -0.15) is 0 Å². The summed E-state index contributed by atoms with van der Waals surface area (Å²) in [5.74, 6) is 0.275. The summed E-state index contributed by atoms with van der Waals surface area (Å²) in [5, 5.41) is 12.0. The fourth-order valence-electron chi connectivity index (χ4n) is 1.65. The van der Waals surface area contributed by atoms with Gasteiger partial charge in [0, 0.05) is 6.04 Å². The molecule has 1 aromatic rings. The molecule has 0 saturated heterocycles. The SMILES string of the molecule is CC(C)CC(C)NCc1ccc(C(=O)O)o1. The molecule has 0 aliphatic rings. The van der Waals surface area contributed by atoms with E-state index in [9.17, 15) is 4.79 Å². The van der Waals surface area contributed by atoms with E-state index < -0.39 is 5.97 Å². The topological polar surface area (TPSA) is 62.5 Å². The van der Waals surface area contributed by atoms with Crippen molar-refractivity contribution >= 4 is 5.97 Å². The van der Waals surface area contributed by atoms with Gasteiger partial charge in [0.2, 0.25) is 5.76 Å². The predicted molar refractivity (Wildman–Crippen MR) is 61.4 cm³/mol. The van der Waals surface area contributed by atoms with E-state index in [0.29, 0.717) is 24.3 Å². The molecule has 0 spiro atoms. The van der Waals surface area contributed by atoms with Crippen LogP contribution in [0.3, 0.4) is 0 Å². The van der Waals surface area contributed by atoms with Gasteiger partial charge in [0.1, 0.15) is 5.76 Å². The minimum absolute atomic E-state index is 0.00619.